The number of hydrogen-bond acceptors (Lipinski definition) is 5. The highest BCUT2D eigenvalue weighted by molar-refractivity contribution is 5.98. The Labute approximate surface area is 196 Å². The van der Waals surface area contributed by atoms with Crippen molar-refractivity contribution in [1.82, 2.24) is 0 Å². The van der Waals surface area contributed by atoms with Gasteiger partial charge in [0.05, 0.1) is 24.3 Å². The highest BCUT2D eigenvalue weighted by Gasteiger charge is 2.61. The Bertz CT molecular complexity index is 1020. The molecule has 5 atom stereocenters. The zero-order valence-corrected chi connectivity index (χ0v) is 20.0. The molecule has 5 heteroatoms. The largest absolute Gasteiger partial charge is 0.411 e. The fraction of sp³-hybridized carbons (Fsp3) is 0.571. The first-order chi connectivity index (χ1) is 16.0. The molecule has 176 valence electrons. The van der Waals surface area contributed by atoms with Gasteiger partial charge in [0, 0.05) is 19.6 Å². The lowest BCUT2D eigenvalue weighted by Gasteiger charge is -2.53. The van der Waals surface area contributed by atoms with E-state index in [-0.39, 0.29) is 22.7 Å². The summed E-state index contributed by atoms with van der Waals surface area (Å²) < 4.78 is 11.8. The fourth-order valence-corrected chi connectivity index (χ4v) is 7.66. The quantitative estimate of drug-likeness (QED) is 0.370. The third kappa shape index (κ3) is 3.43. The molecule has 0 spiro atoms. The van der Waals surface area contributed by atoms with Crippen LogP contribution in [0.3, 0.4) is 0 Å². The molecular weight excluding hydrogens is 414 g/mol. The van der Waals surface area contributed by atoms with Gasteiger partial charge in [-0.25, -0.2) is 0 Å². The molecule has 5 rings (SSSR count). The lowest BCUT2D eigenvalue weighted by atomic mass is 9.54. The second-order valence-electron chi connectivity index (χ2n) is 10.6. The molecule has 5 nitrogen and oxygen atoms in total. The molecule has 33 heavy (non-hydrogen) atoms. The van der Waals surface area contributed by atoms with E-state index in [1.807, 2.05) is 37.5 Å². The lowest BCUT2D eigenvalue weighted by Crippen LogP contribution is -2.53. The Balaban J connectivity index is 1.47. The maximum Gasteiger partial charge on any atom is 0.163 e. The third-order valence-electron chi connectivity index (χ3n) is 9.45. The maximum absolute atomic E-state index is 13.1. The van der Waals surface area contributed by atoms with Crippen molar-refractivity contribution < 1.29 is 19.5 Å². The minimum Gasteiger partial charge on any atom is -0.411 e. The van der Waals surface area contributed by atoms with Crippen molar-refractivity contribution in [3.8, 4) is 0 Å². The van der Waals surface area contributed by atoms with Crippen LogP contribution in [0.25, 0.3) is 0 Å². The van der Waals surface area contributed by atoms with Gasteiger partial charge in [-0.2, -0.15) is 0 Å². The van der Waals surface area contributed by atoms with Gasteiger partial charge in [-0.3, -0.25) is 4.79 Å². The standard InChI is InChI=1S/C28H35NO4/c1-27-12-10-21-22(25(27)11-13-28(27,33-3)17-32-2)9-8-20-14-26(30)24(15-23(20)21)19-6-4-18(5-7-19)16-29-31/h4-7,14,16,22,24-25,31H,8-13,15,17H2,1-3H3/t22-,24?,25+,27+,28-/m1/s1. The number of carbonyl (C=O) groups excluding carboxylic acids is 1. The first-order valence-electron chi connectivity index (χ1n) is 12.2. The molecule has 0 heterocycles. The molecule has 4 aliphatic carbocycles. The van der Waals surface area contributed by atoms with Crippen LogP contribution in [-0.2, 0) is 14.3 Å². The SMILES string of the molecule is COC[C@]1(OC)CC[C@H]2[C@@H]3CCC4=CC(=O)C(c5ccc(C=NO)cc5)CC4=C3CC[C@@]21C. The monoisotopic (exact) mass is 449 g/mol. The predicted octanol–water partition coefficient (Wildman–Crippen LogP) is 5.43. The van der Waals surface area contributed by atoms with E-state index < -0.39 is 0 Å². The van der Waals surface area contributed by atoms with Crippen LogP contribution >= 0.6 is 0 Å². The zero-order chi connectivity index (χ0) is 23.2. The molecule has 0 bridgehead atoms. The molecule has 0 radical (unpaired) electrons. The van der Waals surface area contributed by atoms with E-state index in [0.29, 0.717) is 18.4 Å². The third-order valence-corrected chi connectivity index (χ3v) is 9.45. The van der Waals surface area contributed by atoms with Gasteiger partial charge in [-0.15, -0.1) is 0 Å². The summed E-state index contributed by atoms with van der Waals surface area (Å²) in [5.41, 5.74) is 6.15. The van der Waals surface area contributed by atoms with E-state index in [0.717, 1.165) is 49.7 Å². The van der Waals surface area contributed by atoms with E-state index in [2.05, 4.69) is 12.1 Å². The number of nitrogens with zero attached hydrogens (tertiary/aromatic N) is 1. The van der Waals surface area contributed by atoms with Crippen molar-refractivity contribution in [1.29, 1.82) is 0 Å². The maximum atomic E-state index is 13.1. The Hall–Kier alpha value is -2.24. The summed E-state index contributed by atoms with van der Waals surface area (Å²) >= 11 is 0. The summed E-state index contributed by atoms with van der Waals surface area (Å²) in [5, 5.41) is 11.9. The number of hydrogen-bond donors (Lipinski definition) is 1. The Morgan fingerprint density at radius 2 is 1.94 bits per heavy atom. The minimum atomic E-state index is -0.191. The van der Waals surface area contributed by atoms with Crippen LogP contribution in [0, 0.1) is 17.3 Å². The molecule has 2 saturated carbocycles. The smallest absolute Gasteiger partial charge is 0.163 e. The number of benzene rings is 1. The number of methoxy groups -OCH3 is 2. The van der Waals surface area contributed by atoms with Gasteiger partial charge >= 0.3 is 0 Å². The van der Waals surface area contributed by atoms with Gasteiger partial charge in [0.25, 0.3) is 0 Å². The van der Waals surface area contributed by atoms with E-state index in [1.54, 1.807) is 12.7 Å². The number of oxime groups is 1. The van der Waals surface area contributed by atoms with Gasteiger partial charge in [0.15, 0.2) is 5.78 Å². The molecule has 0 saturated heterocycles. The Morgan fingerprint density at radius 3 is 2.64 bits per heavy atom. The van der Waals surface area contributed by atoms with Gasteiger partial charge < -0.3 is 14.7 Å². The number of rotatable bonds is 5. The number of allylic oxidation sites excluding steroid dienone is 4. The lowest BCUT2D eigenvalue weighted by molar-refractivity contribution is -0.147. The van der Waals surface area contributed by atoms with Crippen LogP contribution in [-0.4, -0.2) is 43.6 Å². The van der Waals surface area contributed by atoms with Crippen LogP contribution in [0.5, 0.6) is 0 Å². The number of ketones is 1. The van der Waals surface area contributed by atoms with Crippen molar-refractivity contribution in [2.75, 3.05) is 20.8 Å². The second kappa shape index (κ2) is 8.52. The first kappa shape index (κ1) is 22.5. The molecular formula is C28H35NO4. The molecule has 0 aromatic heterocycles. The average molecular weight is 450 g/mol. The Morgan fingerprint density at radius 1 is 1.15 bits per heavy atom. The number of fused-ring (bicyclic) bond motifs is 4. The van der Waals surface area contributed by atoms with Crippen molar-refractivity contribution in [3.05, 3.63) is 58.2 Å². The summed E-state index contributed by atoms with van der Waals surface area (Å²) in [4.78, 5) is 13.1. The molecule has 4 aliphatic rings. The van der Waals surface area contributed by atoms with Crippen LogP contribution in [0.15, 0.2) is 52.2 Å². The van der Waals surface area contributed by atoms with Crippen LogP contribution in [0.2, 0.25) is 0 Å². The Kier molecular flexibility index (Phi) is 5.82. The van der Waals surface area contributed by atoms with Crippen LogP contribution in [0.1, 0.15) is 68.9 Å². The van der Waals surface area contributed by atoms with Gasteiger partial charge in [-0.05, 0) is 85.1 Å². The van der Waals surface area contributed by atoms with E-state index >= 15 is 0 Å². The molecule has 1 aromatic rings. The van der Waals surface area contributed by atoms with Gasteiger partial charge in [-0.1, -0.05) is 41.9 Å². The van der Waals surface area contributed by atoms with E-state index in [1.165, 1.54) is 23.8 Å². The summed E-state index contributed by atoms with van der Waals surface area (Å²) in [6.45, 7) is 3.10. The minimum absolute atomic E-state index is 0.126. The van der Waals surface area contributed by atoms with Gasteiger partial charge in [0.2, 0.25) is 0 Å². The van der Waals surface area contributed by atoms with E-state index in [9.17, 15) is 4.79 Å². The van der Waals surface area contributed by atoms with Crippen molar-refractivity contribution in [3.63, 3.8) is 0 Å². The molecule has 1 unspecified atom stereocenters. The van der Waals surface area contributed by atoms with Gasteiger partial charge in [0.1, 0.15) is 0 Å². The molecule has 0 aliphatic heterocycles. The summed E-state index contributed by atoms with van der Waals surface area (Å²) in [6, 6.07) is 7.81. The number of ether oxygens (including phenoxy) is 2. The van der Waals surface area contributed by atoms with E-state index in [4.69, 9.17) is 14.7 Å². The highest BCUT2D eigenvalue weighted by atomic mass is 16.5. The molecule has 1 N–H and O–H groups in total. The van der Waals surface area contributed by atoms with Crippen LogP contribution < -0.4 is 0 Å². The molecule has 1 aromatic carbocycles. The van der Waals surface area contributed by atoms with Crippen molar-refractivity contribution in [2.45, 2.75) is 63.4 Å². The first-order valence-corrected chi connectivity index (χ1v) is 12.2. The molecule has 0 amide bonds. The molecule has 2 fully saturated rings. The predicted molar refractivity (Wildman–Crippen MR) is 128 cm³/mol. The summed E-state index contributed by atoms with van der Waals surface area (Å²) in [5.74, 6) is 1.29. The van der Waals surface area contributed by atoms with Crippen molar-refractivity contribution in [2.24, 2.45) is 22.4 Å². The second-order valence-corrected chi connectivity index (χ2v) is 10.6. The van der Waals surface area contributed by atoms with Crippen LogP contribution in [0.4, 0.5) is 0 Å². The number of carbonyl (C=O) groups is 1. The highest BCUT2D eigenvalue weighted by Crippen LogP contribution is 2.64. The summed E-state index contributed by atoms with van der Waals surface area (Å²) in [6.07, 6.45) is 10.7. The normalized spacial score (nSPS) is 35.9. The zero-order valence-electron chi connectivity index (χ0n) is 20.0. The fourth-order valence-electron chi connectivity index (χ4n) is 7.66. The average Bonchev–Trinajstić information content (AvgIpc) is 3.12. The topological polar surface area (TPSA) is 68.1 Å². The van der Waals surface area contributed by atoms with Crippen molar-refractivity contribution >= 4 is 12.0 Å². The summed E-state index contributed by atoms with van der Waals surface area (Å²) in [7, 11) is 3.64.